The van der Waals surface area contributed by atoms with Crippen LogP contribution in [0.15, 0.2) is 0 Å². The number of carbonyl (C=O) groups excluding carboxylic acids is 1. The number of aliphatic carboxylic acids is 1. The molecular formula is C14H23NO12. The van der Waals surface area contributed by atoms with Crippen LogP contribution in [0, 0.1) is 0 Å². The van der Waals surface area contributed by atoms with Crippen LogP contribution in [-0.4, -0.2) is 116 Å². The minimum absolute atomic E-state index is 0.637. The first-order chi connectivity index (χ1) is 12.6. The van der Waals surface area contributed by atoms with E-state index in [1.807, 2.05) is 0 Å². The van der Waals surface area contributed by atoms with Crippen molar-refractivity contribution in [1.82, 2.24) is 5.32 Å². The highest BCUT2D eigenvalue weighted by atomic mass is 16.7. The van der Waals surface area contributed by atoms with Crippen LogP contribution in [0.5, 0.6) is 0 Å². The number of carbonyl (C=O) groups is 2. The van der Waals surface area contributed by atoms with E-state index >= 15 is 0 Å². The zero-order chi connectivity index (χ0) is 20.5. The largest absolute Gasteiger partial charge is 0.479 e. The number of amides is 1. The number of aliphatic hydroxyl groups is 6. The second-order valence-corrected chi connectivity index (χ2v) is 6.30. The van der Waals surface area contributed by atoms with Gasteiger partial charge in [-0.3, -0.25) is 4.79 Å². The summed E-state index contributed by atoms with van der Waals surface area (Å²) in [5.41, 5.74) is 0. The SMILES string of the molecule is CC(=O)N[C@H]1[C@H](O[C@@H]2[C@@H](O)[C@H](O)O[C@H](C(=O)O)[C@H]2O)O[C@H](CO)[C@@H](O)[C@@H]1O. The summed E-state index contributed by atoms with van der Waals surface area (Å²) in [5, 5.41) is 70.4. The number of hydrogen-bond donors (Lipinski definition) is 8. The normalized spacial score (nSPS) is 45.3. The van der Waals surface area contributed by atoms with Gasteiger partial charge in [0.05, 0.1) is 6.61 Å². The first-order valence-electron chi connectivity index (χ1n) is 8.06. The Kier molecular flexibility index (Phi) is 7.07. The van der Waals surface area contributed by atoms with Gasteiger partial charge in [0, 0.05) is 6.92 Å². The smallest absolute Gasteiger partial charge is 0.335 e. The Morgan fingerprint density at radius 1 is 1.00 bits per heavy atom. The van der Waals surface area contributed by atoms with Crippen molar-refractivity contribution in [2.24, 2.45) is 0 Å². The monoisotopic (exact) mass is 397 g/mol. The zero-order valence-corrected chi connectivity index (χ0v) is 14.2. The molecular weight excluding hydrogens is 374 g/mol. The van der Waals surface area contributed by atoms with Crippen LogP contribution in [-0.2, 0) is 23.8 Å². The second kappa shape index (κ2) is 8.72. The Labute approximate surface area is 152 Å². The third-order valence-electron chi connectivity index (χ3n) is 4.35. The van der Waals surface area contributed by atoms with Crippen molar-refractivity contribution >= 4 is 11.9 Å². The van der Waals surface area contributed by atoms with Crippen molar-refractivity contribution in [2.45, 2.75) is 68.3 Å². The van der Waals surface area contributed by atoms with E-state index in [0.717, 1.165) is 6.92 Å². The minimum atomic E-state index is -2.01. The molecule has 13 nitrogen and oxygen atoms in total. The summed E-state index contributed by atoms with van der Waals surface area (Å²) < 4.78 is 15.2. The van der Waals surface area contributed by atoms with Gasteiger partial charge in [-0.25, -0.2) is 4.79 Å². The number of rotatable bonds is 5. The molecule has 0 unspecified atom stereocenters. The molecule has 2 heterocycles. The maximum absolute atomic E-state index is 11.4. The molecule has 0 saturated carbocycles. The Balaban J connectivity index is 2.26. The van der Waals surface area contributed by atoms with Gasteiger partial charge in [0.1, 0.15) is 42.7 Å². The number of carboxylic acid groups (broad SMARTS) is 1. The zero-order valence-electron chi connectivity index (χ0n) is 14.2. The molecule has 0 bridgehead atoms. The predicted molar refractivity (Wildman–Crippen MR) is 80.8 cm³/mol. The number of carboxylic acids is 1. The fraction of sp³-hybridized carbons (Fsp3) is 0.857. The van der Waals surface area contributed by atoms with E-state index in [-0.39, 0.29) is 0 Å². The molecule has 0 aliphatic carbocycles. The van der Waals surface area contributed by atoms with E-state index in [1.54, 1.807) is 0 Å². The first kappa shape index (κ1) is 21.9. The molecule has 10 atom stereocenters. The van der Waals surface area contributed by atoms with E-state index in [0.29, 0.717) is 0 Å². The predicted octanol–water partition coefficient (Wildman–Crippen LogP) is -5.16. The van der Waals surface area contributed by atoms with Gasteiger partial charge in [0.25, 0.3) is 0 Å². The summed E-state index contributed by atoms with van der Waals surface area (Å²) in [5.74, 6) is -2.27. The molecule has 2 saturated heterocycles. The molecule has 0 radical (unpaired) electrons. The van der Waals surface area contributed by atoms with Gasteiger partial charge in [-0.2, -0.15) is 0 Å². The van der Waals surface area contributed by atoms with E-state index in [2.05, 4.69) is 10.1 Å². The molecule has 0 aromatic rings. The number of aliphatic hydroxyl groups excluding tert-OH is 6. The average Bonchev–Trinajstić information content (AvgIpc) is 2.60. The summed E-state index contributed by atoms with van der Waals surface area (Å²) >= 11 is 0. The molecule has 13 heteroatoms. The van der Waals surface area contributed by atoms with Crippen molar-refractivity contribution < 1.29 is 59.5 Å². The highest BCUT2D eigenvalue weighted by Gasteiger charge is 2.52. The number of ether oxygens (including phenoxy) is 3. The van der Waals surface area contributed by atoms with Gasteiger partial charge in [-0.05, 0) is 0 Å². The lowest BCUT2D eigenvalue weighted by atomic mass is 9.95. The van der Waals surface area contributed by atoms with Crippen LogP contribution in [0.4, 0.5) is 0 Å². The molecule has 8 N–H and O–H groups in total. The minimum Gasteiger partial charge on any atom is -0.479 e. The van der Waals surface area contributed by atoms with Crippen LogP contribution in [0.3, 0.4) is 0 Å². The number of nitrogens with one attached hydrogen (secondary N) is 1. The van der Waals surface area contributed by atoms with Crippen molar-refractivity contribution in [3.63, 3.8) is 0 Å². The van der Waals surface area contributed by atoms with E-state index < -0.39 is 79.8 Å². The van der Waals surface area contributed by atoms with Crippen molar-refractivity contribution in [1.29, 1.82) is 0 Å². The topological polar surface area (TPSA) is 215 Å². The summed E-state index contributed by atoms with van der Waals surface area (Å²) in [7, 11) is 0. The maximum Gasteiger partial charge on any atom is 0.335 e. The van der Waals surface area contributed by atoms with Crippen molar-refractivity contribution in [3.8, 4) is 0 Å². The molecule has 0 spiro atoms. The summed E-state index contributed by atoms with van der Waals surface area (Å²) in [6, 6.07) is -1.39. The van der Waals surface area contributed by atoms with Gasteiger partial charge in [0.2, 0.25) is 5.91 Å². The van der Waals surface area contributed by atoms with Gasteiger partial charge in [-0.1, -0.05) is 0 Å². The van der Waals surface area contributed by atoms with Gasteiger partial charge in [0.15, 0.2) is 18.7 Å². The third kappa shape index (κ3) is 4.53. The molecule has 2 aliphatic heterocycles. The van der Waals surface area contributed by atoms with E-state index in [9.17, 15) is 40.2 Å². The van der Waals surface area contributed by atoms with Crippen LogP contribution in [0.2, 0.25) is 0 Å². The third-order valence-corrected chi connectivity index (χ3v) is 4.35. The first-order valence-corrected chi connectivity index (χ1v) is 8.06. The summed E-state index contributed by atoms with van der Waals surface area (Å²) in [4.78, 5) is 22.5. The Bertz CT molecular complexity index is 546. The van der Waals surface area contributed by atoms with Crippen LogP contribution >= 0.6 is 0 Å². The standard InChI is InChI=1S/C14H23NO12/c1-3(17)15-5-7(19)6(18)4(2-16)25-14(5)27-10-8(20)11(12(22)23)26-13(24)9(10)21/h4-11,13-14,16,18-21,24H,2H2,1H3,(H,15,17)(H,22,23)/t4-,5-,6-,7-,8+,9-,10+,11+,13-,14+/m1/s1. The molecule has 27 heavy (non-hydrogen) atoms. The average molecular weight is 397 g/mol. The summed E-state index contributed by atoms with van der Waals surface area (Å²) in [6.07, 6.45) is -15.7. The molecule has 156 valence electrons. The highest BCUT2D eigenvalue weighted by molar-refractivity contribution is 5.73. The van der Waals surface area contributed by atoms with Crippen LogP contribution in [0.25, 0.3) is 0 Å². The second-order valence-electron chi connectivity index (χ2n) is 6.30. The van der Waals surface area contributed by atoms with Gasteiger partial charge < -0.3 is 55.3 Å². The lowest BCUT2D eigenvalue weighted by Gasteiger charge is -2.46. The summed E-state index contributed by atoms with van der Waals surface area (Å²) in [6.45, 7) is 0.376. The van der Waals surface area contributed by atoms with Crippen LogP contribution in [0.1, 0.15) is 6.92 Å². The lowest BCUT2D eigenvalue weighted by Crippen LogP contribution is -2.67. The lowest BCUT2D eigenvalue weighted by molar-refractivity contribution is -0.337. The van der Waals surface area contributed by atoms with E-state index in [1.165, 1.54) is 0 Å². The van der Waals surface area contributed by atoms with Gasteiger partial charge in [-0.15, -0.1) is 0 Å². The molecule has 2 aliphatic rings. The highest BCUT2D eigenvalue weighted by Crippen LogP contribution is 2.28. The molecule has 0 aromatic carbocycles. The molecule has 1 amide bonds. The van der Waals surface area contributed by atoms with Crippen LogP contribution < -0.4 is 5.32 Å². The molecule has 2 rings (SSSR count). The Morgan fingerprint density at radius 3 is 2.15 bits per heavy atom. The molecule has 2 fully saturated rings. The Morgan fingerprint density at radius 2 is 1.63 bits per heavy atom. The fourth-order valence-electron chi connectivity index (χ4n) is 2.95. The fourth-order valence-corrected chi connectivity index (χ4v) is 2.95. The van der Waals surface area contributed by atoms with Gasteiger partial charge >= 0.3 is 5.97 Å². The van der Waals surface area contributed by atoms with E-state index in [4.69, 9.17) is 14.6 Å². The molecule has 0 aromatic heterocycles. The number of hydrogen-bond acceptors (Lipinski definition) is 11. The van der Waals surface area contributed by atoms with Crippen molar-refractivity contribution in [2.75, 3.05) is 6.61 Å². The Hall–Kier alpha value is -1.42. The quantitative estimate of drug-likeness (QED) is 0.218. The maximum atomic E-state index is 11.4. The van der Waals surface area contributed by atoms with Crippen molar-refractivity contribution in [3.05, 3.63) is 0 Å².